The van der Waals surface area contributed by atoms with Crippen LogP contribution in [0.3, 0.4) is 0 Å². The topological polar surface area (TPSA) is 63.7 Å². The van der Waals surface area contributed by atoms with Crippen molar-refractivity contribution in [3.8, 4) is 0 Å². The molecule has 0 fully saturated rings. The predicted octanol–water partition coefficient (Wildman–Crippen LogP) is 1.43. The van der Waals surface area contributed by atoms with E-state index in [4.69, 9.17) is 0 Å². The maximum absolute atomic E-state index is 11.9. The molecule has 98 valence electrons. The Morgan fingerprint density at radius 3 is 2.61 bits per heavy atom. The van der Waals surface area contributed by atoms with Crippen molar-refractivity contribution in [2.75, 3.05) is 24.2 Å². The highest BCUT2D eigenvalue weighted by Gasteiger charge is 2.22. The highest BCUT2D eigenvalue weighted by Crippen LogP contribution is 2.22. The van der Waals surface area contributed by atoms with Crippen LogP contribution in [0.5, 0.6) is 0 Å². The standard InChI is InChI=1S/C12H15NO4S/c1-4-9-18(15,16)13(2)11-8-6-5-7-10(11)12(14)17-3/h4-8H,1,9H2,2-3H3. The van der Waals surface area contributed by atoms with Crippen molar-refractivity contribution >= 4 is 21.7 Å². The summed E-state index contributed by atoms with van der Waals surface area (Å²) in [5.41, 5.74) is 0.487. The molecule has 1 aromatic rings. The van der Waals surface area contributed by atoms with Gasteiger partial charge in [-0.3, -0.25) is 4.31 Å². The van der Waals surface area contributed by atoms with Crippen LogP contribution in [-0.2, 0) is 14.8 Å². The lowest BCUT2D eigenvalue weighted by Crippen LogP contribution is -2.29. The summed E-state index contributed by atoms with van der Waals surface area (Å²) in [4.78, 5) is 11.6. The van der Waals surface area contributed by atoms with Gasteiger partial charge in [-0.1, -0.05) is 18.2 Å². The number of esters is 1. The molecule has 0 aliphatic heterocycles. The van der Waals surface area contributed by atoms with E-state index in [1.54, 1.807) is 18.2 Å². The molecule has 0 heterocycles. The number of methoxy groups -OCH3 is 1. The van der Waals surface area contributed by atoms with Gasteiger partial charge in [-0.15, -0.1) is 6.58 Å². The monoisotopic (exact) mass is 269 g/mol. The van der Waals surface area contributed by atoms with E-state index in [0.29, 0.717) is 0 Å². The lowest BCUT2D eigenvalue weighted by Gasteiger charge is -2.20. The Kier molecular flexibility index (Phi) is 4.49. The minimum atomic E-state index is -3.52. The largest absolute Gasteiger partial charge is 0.465 e. The van der Waals surface area contributed by atoms with Gasteiger partial charge < -0.3 is 4.74 Å². The SMILES string of the molecule is C=CCS(=O)(=O)N(C)c1ccccc1C(=O)OC. The number of para-hydroxylation sites is 1. The number of hydrogen-bond donors (Lipinski definition) is 0. The first-order chi connectivity index (χ1) is 8.44. The average molecular weight is 269 g/mol. The Bertz CT molecular complexity index is 551. The van der Waals surface area contributed by atoms with Crippen LogP contribution in [0.1, 0.15) is 10.4 Å². The van der Waals surface area contributed by atoms with Crippen LogP contribution in [0.15, 0.2) is 36.9 Å². The van der Waals surface area contributed by atoms with Crippen molar-refractivity contribution < 1.29 is 17.9 Å². The van der Waals surface area contributed by atoms with E-state index in [1.165, 1.54) is 26.3 Å². The maximum Gasteiger partial charge on any atom is 0.340 e. The molecule has 5 nitrogen and oxygen atoms in total. The molecule has 0 saturated carbocycles. The number of nitrogens with zero attached hydrogens (tertiary/aromatic N) is 1. The molecule has 1 aromatic carbocycles. The lowest BCUT2D eigenvalue weighted by atomic mass is 10.2. The first kappa shape index (κ1) is 14.2. The van der Waals surface area contributed by atoms with E-state index in [9.17, 15) is 13.2 Å². The second-order valence-electron chi connectivity index (χ2n) is 3.54. The smallest absolute Gasteiger partial charge is 0.340 e. The van der Waals surface area contributed by atoms with E-state index in [0.717, 1.165) is 4.31 Å². The van der Waals surface area contributed by atoms with Crippen molar-refractivity contribution in [3.63, 3.8) is 0 Å². The molecular formula is C12H15NO4S. The van der Waals surface area contributed by atoms with E-state index >= 15 is 0 Å². The Labute approximate surface area is 107 Å². The fraction of sp³-hybridized carbons (Fsp3) is 0.250. The van der Waals surface area contributed by atoms with E-state index < -0.39 is 16.0 Å². The molecule has 0 saturated heterocycles. The molecular weight excluding hydrogens is 254 g/mol. The zero-order valence-electron chi connectivity index (χ0n) is 10.3. The second-order valence-corrected chi connectivity index (χ2v) is 5.59. The number of hydrogen-bond acceptors (Lipinski definition) is 4. The Balaban J connectivity index is 3.25. The lowest BCUT2D eigenvalue weighted by molar-refractivity contribution is 0.0601. The predicted molar refractivity (Wildman–Crippen MR) is 70.2 cm³/mol. The molecule has 0 atom stereocenters. The Morgan fingerprint density at radius 2 is 2.06 bits per heavy atom. The summed E-state index contributed by atoms with van der Waals surface area (Å²) in [6.07, 6.45) is 1.30. The van der Waals surface area contributed by atoms with Crippen molar-refractivity contribution in [2.45, 2.75) is 0 Å². The van der Waals surface area contributed by atoms with Gasteiger partial charge in [0.1, 0.15) is 0 Å². The third-order valence-electron chi connectivity index (χ3n) is 2.39. The van der Waals surface area contributed by atoms with E-state index in [-0.39, 0.29) is 17.0 Å². The van der Waals surface area contributed by atoms with Gasteiger partial charge in [-0.2, -0.15) is 0 Å². The van der Waals surface area contributed by atoms with Gasteiger partial charge >= 0.3 is 5.97 Å². The summed E-state index contributed by atoms with van der Waals surface area (Å²) in [7, 11) is -0.883. The van der Waals surface area contributed by atoms with Gasteiger partial charge in [0, 0.05) is 7.05 Å². The van der Waals surface area contributed by atoms with Gasteiger partial charge in [0.2, 0.25) is 10.0 Å². The number of carbonyl (C=O) groups excluding carboxylic acids is 1. The Hall–Kier alpha value is -1.82. The van der Waals surface area contributed by atoms with Crippen LogP contribution in [0.25, 0.3) is 0 Å². The third-order valence-corrected chi connectivity index (χ3v) is 4.08. The van der Waals surface area contributed by atoms with Gasteiger partial charge in [-0.05, 0) is 12.1 Å². The molecule has 6 heteroatoms. The maximum atomic E-state index is 11.9. The van der Waals surface area contributed by atoms with Gasteiger partial charge in [0.15, 0.2) is 0 Å². The van der Waals surface area contributed by atoms with Crippen molar-refractivity contribution in [1.29, 1.82) is 0 Å². The normalized spacial score (nSPS) is 10.8. The minimum absolute atomic E-state index is 0.195. The fourth-order valence-corrected chi connectivity index (χ4v) is 2.42. The molecule has 0 aliphatic carbocycles. The number of benzene rings is 1. The summed E-state index contributed by atoms with van der Waals surface area (Å²) in [6.45, 7) is 3.40. The first-order valence-electron chi connectivity index (χ1n) is 5.19. The second kappa shape index (κ2) is 5.68. The summed E-state index contributed by atoms with van der Waals surface area (Å²) in [5.74, 6) is -0.773. The quantitative estimate of drug-likeness (QED) is 0.599. The zero-order chi connectivity index (χ0) is 13.8. The molecule has 18 heavy (non-hydrogen) atoms. The fourth-order valence-electron chi connectivity index (χ4n) is 1.44. The summed E-state index contributed by atoms with van der Waals surface area (Å²) in [5, 5.41) is 0. The minimum Gasteiger partial charge on any atom is -0.465 e. The van der Waals surface area contributed by atoms with Crippen molar-refractivity contribution in [2.24, 2.45) is 0 Å². The highest BCUT2D eigenvalue weighted by molar-refractivity contribution is 7.92. The number of sulfonamides is 1. The molecule has 0 bridgehead atoms. The Morgan fingerprint density at radius 1 is 1.44 bits per heavy atom. The van der Waals surface area contributed by atoms with Crippen molar-refractivity contribution in [1.82, 2.24) is 0 Å². The molecule has 0 amide bonds. The van der Waals surface area contributed by atoms with E-state index in [1.807, 2.05) is 0 Å². The van der Waals surface area contributed by atoms with Gasteiger partial charge in [0.05, 0.1) is 24.1 Å². The van der Waals surface area contributed by atoms with Crippen LogP contribution in [0.2, 0.25) is 0 Å². The highest BCUT2D eigenvalue weighted by atomic mass is 32.2. The molecule has 0 aliphatic rings. The van der Waals surface area contributed by atoms with Gasteiger partial charge in [-0.25, -0.2) is 13.2 Å². The molecule has 0 aromatic heterocycles. The summed E-state index contributed by atoms with van der Waals surface area (Å²) < 4.78 is 29.5. The first-order valence-corrected chi connectivity index (χ1v) is 6.79. The van der Waals surface area contributed by atoms with E-state index in [2.05, 4.69) is 11.3 Å². The van der Waals surface area contributed by atoms with Crippen LogP contribution >= 0.6 is 0 Å². The van der Waals surface area contributed by atoms with Crippen LogP contribution in [0.4, 0.5) is 5.69 Å². The molecule has 0 spiro atoms. The average Bonchev–Trinajstić information content (AvgIpc) is 2.37. The summed E-state index contributed by atoms with van der Waals surface area (Å²) >= 11 is 0. The number of carbonyl (C=O) groups is 1. The van der Waals surface area contributed by atoms with Gasteiger partial charge in [0.25, 0.3) is 0 Å². The van der Waals surface area contributed by atoms with Crippen LogP contribution in [-0.4, -0.2) is 34.3 Å². The molecule has 1 rings (SSSR count). The molecule has 0 radical (unpaired) electrons. The number of anilines is 1. The zero-order valence-corrected chi connectivity index (χ0v) is 11.1. The summed E-state index contributed by atoms with van der Waals surface area (Å²) in [6, 6.07) is 6.36. The number of rotatable bonds is 5. The third kappa shape index (κ3) is 2.89. The van der Waals surface area contributed by atoms with Crippen LogP contribution in [0, 0.1) is 0 Å². The van der Waals surface area contributed by atoms with Crippen molar-refractivity contribution in [3.05, 3.63) is 42.5 Å². The number of ether oxygens (including phenoxy) is 1. The van der Waals surface area contributed by atoms with Crippen LogP contribution < -0.4 is 4.31 Å². The molecule has 0 unspecified atom stereocenters. The molecule has 0 N–H and O–H groups in total.